The summed E-state index contributed by atoms with van der Waals surface area (Å²) in [4.78, 5) is 2.01. The molecule has 17 heavy (non-hydrogen) atoms. The van der Waals surface area contributed by atoms with Gasteiger partial charge in [0.05, 0.1) is 5.69 Å². The van der Waals surface area contributed by atoms with Crippen molar-refractivity contribution in [3.05, 3.63) is 47.8 Å². The third-order valence-corrected chi connectivity index (χ3v) is 2.84. The first kappa shape index (κ1) is 11.7. The summed E-state index contributed by atoms with van der Waals surface area (Å²) < 4.78 is 1.69. The van der Waals surface area contributed by atoms with Crippen LogP contribution in [0.25, 0.3) is 0 Å². The molecule has 1 heterocycles. The van der Waals surface area contributed by atoms with Crippen LogP contribution in [0.15, 0.2) is 36.5 Å². The third-order valence-electron chi connectivity index (χ3n) is 2.84. The fourth-order valence-corrected chi connectivity index (χ4v) is 1.80. The summed E-state index contributed by atoms with van der Waals surface area (Å²) in [7, 11) is 5.79. The molecule has 0 amide bonds. The zero-order valence-electron chi connectivity index (χ0n) is 10.3. The standard InChI is InChI=1S/C13H17N3O/c1-15(2)11-6-4-5-10(9-11)13(17)12-7-8-14-16(12)3/h4-9,13,17H,1-3H3. The van der Waals surface area contributed by atoms with Crippen LogP contribution in [0.2, 0.25) is 0 Å². The Hall–Kier alpha value is -1.81. The van der Waals surface area contributed by atoms with E-state index in [4.69, 9.17) is 0 Å². The maximum absolute atomic E-state index is 10.3. The van der Waals surface area contributed by atoms with Crippen molar-refractivity contribution in [2.24, 2.45) is 7.05 Å². The number of nitrogens with zero attached hydrogens (tertiary/aromatic N) is 3. The lowest BCUT2D eigenvalue weighted by Crippen LogP contribution is -2.11. The minimum absolute atomic E-state index is 0.637. The Morgan fingerprint density at radius 1 is 1.29 bits per heavy atom. The van der Waals surface area contributed by atoms with Crippen molar-refractivity contribution >= 4 is 5.69 Å². The maximum atomic E-state index is 10.3. The molecule has 1 unspecified atom stereocenters. The van der Waals surface area contributed by atoms with Gasteiger partial charge in [-0.15, -0.1) is 0 Å². The van der Waals surface area contributed by atoms with Crippen LogP contribution in [0.5, 0.6) is 0 Å². The number of hydrogen-bond acceptors (Lipinski definition) is 3. The summed E-state index contributed by atoms with van der Waals surface area (Å²) in [6.45, 7) is 0. The predicted octanol–water partition coefficient (Wildman–Crippen LogP) is 1.57. The van der Waals surface area contributed by atoms with E-state index in [9.17, 15) is 5.11 Å². The largest absolute Gasteiger partial charge is 0.382 e. The number of aliphatic hydroxyl groups is 1. The highest BCUT2D eigenvalue weighted by Crippen LogP contribution is 2.24. The molecule has 0 aliphatic rings. The van der Waals surface area contributed by atoms with Crippen LogP contribution in [0, 0.1) is 0 Å². The van der Waals surface area contributed by atoms with Crippen LogP contribution in [-0.4, -0.2) is 29.0 Å². The van der Waals surface area contributed by atoms with Crippen LogP contribution in [-0.2, 0) is 7.05 Å². The fraction of sp³-hybridized carbons (Fsp3) is 0.308. The molecule has 2 aromatic rings. The summed E-state index contributed by atoms with van der Waals surface area (Å²) in [5, 5.41) is 14.4. The number of anilines is 1. The van der Waals surface area contributed by atoms with Gasteiger partial charge >= 0.3 is 0 Å². The van der Waals surface area contributed by atoms with E-state index in [-0.39, 0.29) is 0 Å². The van der Waals surface area contributed by atoms with Gasteiger partial charge in [-0.2, -0.15) is 5.10 Å². The molecule has 90 valence electrons. The highest BCUT2D eigenvalue weighted by molar-refractivity contribution is 5.48. The summed E-state index contributed by atoms with van der Waals surface area (Å²) in [6, 6.07) is 9.69. The quantitative estimate of drug-likeness (QED) is 0.871. The first-order chi connectivity index (χ1) is 8.09. The first-order valence-corrected chi connectivity index (χ1v) is 5.53. The van der Waals surface area contributed by atoms with E-state index in [0.29, 0.717) is 0 Å². The predicted molar refractivity (Wildman–Crippen MR) is 68.0 cm³/mol. The number of hydrogen-bond donors (Lipinski definition) is 1. The minimum Gasteiger partial charge on any atom is -0.382 e. The second-order valence-electron chi connectivity index (χ2n) is 4.27. The van der Waals surface area contributed by atoms with E-state index in [1.165, 1.54) is 0 Å². The van der Waals surface area contributed by atoms with E-state index < -0.39 is 6.10 Å². The van der Waals surface area contributed by atoms with Crippen molar-refractivity contribution < 1.29 is 5.11 Å². The van der Waals surface area contributed by atoms with Crippen molar-refractivity contribution in [3.63, 3.8) is 0 Å². The van der Waals surface area contributed by atoms with Gasteiger partial charge in [0.1, 0.15) is 6.10 Å². The minimum atomic E-state index is -0.637. The van der Waals surface area contributed by atoms with Crippen molar-refractivity contribution in [1.82, 2.24) is 9.78 Å². The molecular formula is C13H17N3O. The Bertz CT molecular complexity index is 505. The summed E-state index contributed by atoms with van der Waals surface area (Å²) in [5.74, 6) is 0. The van der Waals surface area contributed by atoms with Crippen LogP contribution in [0.1, 0.15) is 17.4 Å². The van der Waals surface area contributed by atoms with E-state index in [0.717, 1.165) is 16.9 Å². The average Bonchev–Trinajstić information content (AvgIpc) is 2.74. The molecule has 1 atom stereocenters. The maximum Gasteiger partial charge on any atom is 0.121 e. The Morgan fingerprint density at radius 2 is 2.06 bits per heavy atom. The number of aliphatic hydroxyl groups excluding tert-OH is 1. The number of benzene rings is 1. The smallest absolute Gasteiger partial charge is 0.121 e. The summed E-state index contributed by atoms with van der Waals surface area (Å²) in [6.07, 6.45) is 1.05. The second kappa shape index (κ2) is 4.59. The molecule has 4 heteroatoms. The number of rotatable bonds is 3. The van der Waals surface area contributed by atoms with Gasteiger partial charge in [0, 0.05) is 33.0 Å². The highest BCUT2D eigenvalue weighted by Gasteiger charge is 2.14. The molecule has 1 N–H and O–H groups in total. The summed E-state index contributed by atoms with van der Waals surface area (Å²) in [5.41, 5.74) is 2.74. The lowest BCUT2D eigenvalue weighted by molar-refractivity contribution is 0.210. The van der Waals surface area contributed by atoms with Gasteiger partial charge in [-0.05, 0) is 23.8 Å². The molecule has 0 radical (unpaired) electrons. The van der Waals surface area contributed by atoms with Gasteiger partial charge in [0.2, 0.25) is 0 Å². The van der Waals surface area contributed by atoms with Crippen molar-refractivity contribution in [1.29, 1.82) is 0 Å². The van der Waals surface area contributed by atoms with Crippen molar-refractivity contribution in [2.45, 2.75) is 6.10 Å². The van der Waals surface area contributed by atoms with Crippen LogP contribution >= 0.6 is 0 Å². The van der Waals surface area contributed by atoms with Crippen LogP contribution in [0.3, 0.4) is 0 Å². The Balaban J connectivity index is 2.34. The first-order valence-electron chi connectivity index (χ1n) is 5.53. The van der Waals surface area contributed by atoms with E-state index >= 15 is 0 Å². The topological polar surface area (TPSA) is 41.3 Å². The summed E-state index contributed by atoms with van der Waals surface area (Å²) >= 11 is 0. The molecule has 0 aliphatic carbocycles. The molecular weight excluding hydrogens is 214 g/mol. The van der Waals surface area contributed by atoms with Crippen molar-refractivity contribution in [2.75, 3.05) is 19.0 Å². The van der Waals surface area contributed by atoms with E-state index in [1.807, 2.05) is 56.4 Å². The van der Waals surface area contributed by atoms with Gasteiger partial charge in [0.25, 0.3) is 0 Å². The number of aromatic nitrogens is 2. The molecule has 2 rings (SSSR count). The second-order valence-corrected chi connectivity index (χ2v) is 4.27. The highest BCUT2D eigenvalue weighted by atomic mass is 16.3. The molecule has 4 nitrogen and oxygen atoms in total. The lowest BCUT2D eigenvalue weighted by Gasteiger charge is -2.16. The molecule has 0 saturated carbocycles. The SMILES string of the molecule is CN(C)c1cccc(C(O)c2ccnn2C)c1. The Morgan fingerprint density at radius 3 is 2.65 bits per heavy atom. The molecule has 1 aromatic carbocycles. The molecule has 0 saturated heterocycles. The van der Waals surface area contributed by atoms with Crippen LogP contribution < -0.4 is 4.90 Å². The van der Waals surface area contributed by atoms with Gasteiger partial charge < -0.3 is 10.0 Å². The Labute approximate surface area is 101 Å². The average molecular weight is 231 g/mol. The van der Waals surface area contributed by atoms with Gasteiger partial charge in [-0.3, -0.25) is 4.68 Å². The monoisotopic (exact) mass is 231 g/mol. The van der Waals surface area contributed by atoms with E-state index in [2.05, 4.69) is 5.10 Å². The zero-order valence-corrected chi connectivity index (χ0v) is 10.3. The molecule has 0 bridgehead atoms. The normalized spacial score (nSPS) is 12.5. The number of aryl methyl sites for hydroxylation is 1. The molecule has 0 aliphatic heterocycles. The van der Waals surface area contributed by atoms with E-state index in [1.54, 1.807) is 10.9 Å². The van der Waals surface area contributed by atoms with Crippen molar-refractivity contribution in [3.8, 4) is 0 Å². The van der Waals surface area contributed by atoms with Gasteiger partial charge in [-0.25, -0.2) is 0 Å². The zero-order chi connectivity index (χ0) is 12.4. The molecule has 0 spiro atoms. The molecule has 0 fully saturated rings. The Kier molecular flexibility index (Phi) is 3.15. The van der Waals surface area contributed by atoms with Gasteiger partial charge in [-0.1, -0.05) is 12.1 Å². The van der Waals surface area contributed by atoms with Gasteiger partial charge in [0.15, 0.2) is 0 Å². The molecule has 1 aromatic heterocycles. The van der Waals surface area contributed by atoms with Crippen LogP contribution in [0.4, 0.5) is 5.69 Å². The fourth-order valence-electron chi connectivity index (χ4n) is 1.80. The third kappa shape index (κ3) is 2.31. The lowest BCUT2D eigenvalue weighted by atomic mass is 10.1.